The molecule has 0 spiro atoms. The van der Waals surface area contributed by atoms with Crippen LogP contribution in [0.4, 0.5) is 5.69 Å². The Balaban J connectivity index is 1.24. The van der Waals surface area contributed by atoms with Crippen molar-refractivity contribution in [3.8, 4) is 11.5 Å². The van der Waals surface area contributed by atoms with Crippen LogP contribution in [0.25, 0.3) is 0 Å². The minimum Gasteiger partial charge on any atom is -0.486 e. The van der Waals surface area contributed by atoms with Crippen LogP contribution in [-0.4, -0.2) is 48.8 Å². The van der Waals surface area contributed by atoms with Gasteiger partial charge in [0.15, 0.2) is 11.5 Å². The summed E-state index contributed by atoms with van der Waals surface area (Å²) < 4.78 is 11.3. The van der Waals surface area contributed by atoms with Gasteiger partial charge in [0.1, 0.15) is 13.2 Å². The number of hydrogen-bond acceptors (Lipinski definition) is 5. The van der Waals surface area contributed by atoms with Crippen molar-refractivity contribution in [1.29, 1.82) is 0 Å². The summed E-state index contributed by atoms with van der Waals surface area (Å²) >= 11 is 1.77. The predicted octanol–water partition coefficient (Wildman–Crippen LogP) is 4.04. The molecular formula is C24H26N2O4S. The third-order valence-corrected chi connectivity index (χ3v) is 7.15. The molecule has 1 fully saturated rings. The largest absolute Gasteiger partial charge is 0.486 e. The Hall–Kier alpha value is -2.67. The fourth-order valence-electron chi connectivity index (χ4n) is 4.60. The molecule has 3 heterocycles. The molecule has 0 aliphatic carbocycles. The molecule has 0 radical (unpaired) electrons. The Morgan fingerprint density at radius 3 is 2.68 bits per heavy atom. The van der Waals surface area contributed by atoms with Gasteiger partial charge in [-0.1, -0.05) is 18.2 Å². The quantitative estimate of drug-likeness (QED) is 0.721. The molecule has 0 aromatic heterocycles. The fraction of sp³-hybridized carbons (Fsp3) is 0.417. The molecule has 3 aliphatic heterocycles. The molecule has 3 aliphatic rings. The number of thioether (sulfide) groups is 1. The van der Waals surface area contributed by atoms with Gasteiger partial charge in [-0.3, -0.25) is 9.59 Å². The van der Waals surface area contributed by atoms with E-state index in [1.807, 2.05) is 52.3 Å². The molecular weight excluding hydrogens is 412 g/mol. The van der Waals surface area contributed by atoms with Gasteiger partial charge in [0.05, 0.1) is 11.7 Å². The van der Waals surface area contributed by atoms with E-state index in [0.717, 1.165) is 52.8 Å². The molecule has 2 aromatic rings. The zero-order chi connectivity index (χ0) is 21.2. The van der Waals surface area contributed by atoms with Crippen molar-refractivity contribution in [2.24, 2.45) is 0 Å². The van der Waals surface area contributed by atoms with Gasteiger partial charge in [-0.2, -0.15) is 0 Å². The SMILES string of the molecule is O=C(CCC(=O)N1CCCC1c1ccc2c(c1)OCCO2)N1CCSc2ccccc21. The van der Waals surface area contributed by atoms with Crippen molar-refractivity contribution >= 4 is 29.3 Å². The van der Waals surface area contributed by atoms with E-state index in [1.54, 1.807) is 11.8 Å². The molecule has 1 atom stereocenters. The van der Waals surface area contributed by atoms with Crippen LogP contribution in [0.15, 0.2) is 47.4 Å². The van der Waals surface area contributed by atoms with Crippen molar-refractivity contribution in [2.45, 2.75) is 36.6 Å². The molecule has 2 aromatic carbocycles. The predicted molar refractivity (Wildman–Crippen MR) is 120 cm³/mol. The minimum absolute atomic E-state index is 0.0242. The van der Waals surface area contributed by atoms with Crippen LogP contribution in [0.5, 0.6) is 11.5 Å². The highest BCUT2D eigenvalue weighted by molar-refractivity contribution is 7.99. The Morgan fingerprint density at radius 2 is 1.77 bits per heavy atom. The minimum atomic E-state index is 0.0242. The van der Waals surface area contributed by atoms with Gasteiger partial charge < -0.3 is 19.3 Å². The van der Waals surface area contributed by atoms with Crippen LogP contribution in [0.2, 0.25) is 0 Å². The first-order valence-corrected chi connectivity index (χ1v) is 11.9. The molecule has 7 heteroatoms. The van der Waals surface area contributed by atoms with Crippen LogP contribution < -0.4 is 14.4 Å². The van der Waals surface area contributed by atoms with Crippen molar-refractivity contribution in [3.63, 3.8) is 0 Å². The third-order valence-electron chi connectivity index (χ3n) is 6.11. The second-order valence-electron chi connectivity index (χ2n) is 8.01. The second-order valence-corrected chi connectivity index (χ2v) is 9.15. The Bertz CT molecular complexity index is 995. The summed E-state index contributed by atoms with van der Waals surface area (Å²) in [7, 11) is 0. The van der Waals surface area contributed by atoms with Gasteiger partial charge in [0.2, 0.25) is 11.8 Å². The smallest absolute Gasteiger partial charge is 0.227 e. The molecule has 0 saturated carbocycles. The molecule has 2 amide bonds. The summed E-state index contributed by atoms with van der Waals surface area (Å²) in [6.45, 7) is 2.53. The van der Waals surface area contributed by atoms with Gasteiger partial charge in [0.25, 0.3) is 0 Å². The molecule has 31 heavy (non-hydrogen) atoms. The number of fused-ring (bicyclic) bond motifs is 2. The topological polar surface area (TPSA) is 59.1 Å². The van der Waals surface area contributed by atoms with Crippen LogP contribution >= 0.6 is 11.8 Å². The number of amides is 2. The Kier molecular flexibility index (Phi) is 5.76. The number of ether oxygens (including phenoxy) is 2. The highest BCUT2D eigenvalue weighted by Crippen LogP contribution is 2.39. The van der Waals surface area contributed by atoms with Gasteiger partial charge in [0, 0.05) is 36.6 Å². The number of carbonyl (C=O) groups is 2. The van der Waals surface area contributed by atoms with E-state index in [2.05, 4.69) is 0 Å². The highest BCUT2D eigenvalue weighted by Gasteiger charge is 2.31. The number of likely N-dealkylation sites (tertiary alicyclic amines) is 1. The number of nitrogens with zero attached hydrogens (tertiary/aromatic N) is 2. The lowest BCUT2D eigenvalue weighted by molar-refractivity contribution is -0.134. The van der Waals surface area contributed by atoms with E-state index in [9.17, 15) is 9.59 Å². The van der Waals surface area contributed by atoms with Crippen LogP contribution in [0.1, 0.15) is 37.3 Å². The van der Waals surface area contributed by atoms with E-state index in [4.69, 9.17) is 9.47 Å². The van der Waals surface area contributed by atoms with E-state index < -0.39 is 0 Å². The third kappa shape index (κ3) is 4.11. The molecule has 0 bridgehead atoms. The molecule has 0 N–H and O–H groups in total. The summed E-state index contributed by atoms with van der Waals surface area (Å²) in [4.78, 5) is 30.8. The van der Waals surface area contributed by atoms with Crippen molar-refractivity contribution in [3.05, 3.63) is 48.0 Å². The number of benzene rings is 2. The molecule has 162 valence electrons. The molecule has 1 saturated heterocycles. The monoisotopic (exact) mass is 438 g/mol. The average molecular weight is 439 g/mol. The maximum atomic E-state index is 13.0. The second kappa shape index (κ2) is 8.83. The summed E-state index contributed by atoms with van der Waals surface area (Å²) in [5.41, 5.74) is 2.04. The maximum absolute atomic E-state index is 13.0. The summed E-state index contributed by atoms with van der Waals surface area (Å²) in [5, 5.41) is 0. The molecule has 5 rings (SSSR count). The van der Waals surface area contributed by atoms with Crippen molar-refractivity contribution < 1.29 is 19.1 Å². The van der Waals surface area contributed by atoms with Gasteiger partial charge in [-0.05, 0) is 42.7 Å². The number of hydrogen-bond donors (Lipinski definition) is 0. The number of carbonyl (C=O) groups excluding carboxylic acids is 2. The fourth-order valence-corrected chi connectivity index (χ4v) is 5.59. The van der Waals surface area contributed by atoms with Crippen LogP contribution in [0, 0.1) is 0 Å². The van der Waals surface area contributed by atoms with E-state index in [-0.39, 0.29) is 30.7 Å². The van der Waals surface area contributed by atoms with Gasteiger partial charge >= 0.3 is 0 Å². The van der Waals surface area contributed by atoms with Gasteiger partial charge in [-0.15, -0.1) is 11.8 Å². The summed E-state index contributed by atoms with van der Waals surface area (Å²) in [5.74, 6) is 2.47. The zero-order valence-electron chi connectivity index (χ0n) is 17.4. The average Bonchev–Trinajstić information content (AvgIpc) is 3.32. The first-order valence-electron chi connectivity index (χ1n) is 10.9. The summed E-state index contributed by atoms with van der Waals surface area (Å²) in [6.07, 6.45) is 2.37. The molecule has 6 nitrogen and oxygen atoms in total. The standard InChI is InChI=1S/C24H26N2O4S/c27-23(9-10-24(28)26-12-15-31-22-6-2-1-4-19(22)26)25-11-3-5-18(25)17-7-8-20-21(16-17)30-14-13-29-20/h1-2,4,6-8,16,18H,3,5,9-15H2. The van der Waals surface area contributed by atoms with E-state index in [1.165, 1.54) is 0 Å². The highest BCUT2D eigenvalue weighted by atomic mass is 32.2. The van der Waals surface area contributed by atoms with Gasteiger partial charge in [-0.25, -0.2) is 0 Å². The lowest BCUT2D eigenvalue weighted by Crippen LogP contribution is -2.37. The van der Waals surface area contributed by atoms with E-state index in [0.29, 0.717) is 19.8 Å². The first-order chi connectivity index (χ1) is 15.2. The number of anilines is 1. The van der Waals surface area contributed by atoms with Crippen molar-refractivity contribution in [1.82, 2.24) is 4.90 Å². The zero-order valence-corrected chi connectivity index (χ0v) is 18.2. The summed E-state index contributed by atoms with van der Waals surface area (Å²) in [6, 6.07) is 14.0. The Labute approximate surface area is 186 Å². The Morgan fingerprint density at radius 1 is 0.968 bits per heavy atom. The van der Waals surface area contributed by atoms with Crippen LogP contribution in [0.3, 0.4) is 0 Å². The number of para-hydroxylation sites is 1. The van der Waals surface area contributed by atoms with Crippen molar-refractivity contribution in [2.75, 3.05) is 37.0 Å². The lowest BCUT2D eigenvalue weighted by Gasteiger charge is -2.30. The van der Waals surface area contributed by atoms with Crippen LogP contribution in [-0.2, 0) is 9.59 Å². The maximum Gasteiger partial charge on any atom is 0.227 e. The normalized spacial score (nSPS) is 19.8. The first kappa shape index (κ1) is 20.2. The number of rotatable bonds is 4. The van der Waals surface area contributed by atoms with E-state index >= 15 is 0 Å². The lowest BCUT2D eigenvalue weighted by atomic mass is 10.0. The molecule has 1 unspecified atom stereocenters.